The van der Waals surface area contributed by atoms with Crippen molar-refractivity contribution in [1.82, 2.24) is 4.90 Å². The number of primary amides is 1. The molecule has 0 spiro atoms. The summed E-state index contributed by atoms with van der Waals surface area (Å²) in [7, 11) is 0. The largest absolute Gasteiger partial charge is 0.508 e. The zero-order valence-electron chi connectivity index (χ0n) is 12.0. The van der Waals surface area contributed by atoms with Gasteiger partial charge in [0.15, 0.2) is 0 Å². The lowest BCUT2D eigenvalue weighted by Gasteiger charge is -2.27. The molecular weight excluding hydrogens is 292 g/mol. The molecule has 0 aliphatic heterocycles. The lowest BCUT2D eigenvalue weighted by atomic mass is 10.1. The molecule has 0 aliphatic rings. The highest BCUT2D eigenvalue weighted by Gasteiger charge is 2.29. The van der Waals surface area contributed by atoms with Crippen molar-refractivity contribution in [3.8, 4) is 5.75 Å². The van der Waals surface area contributed by atoms with Gasteiger partial charge in [-0.05, 0) is 13.0 Å². The van der Waals surface area contributed by atoms with Gasteiger partial charge in [-0.3, -0.25) is 19.3 Å². The molecular formula is C14H18N2O6. The predicted octanol–water partition coefficient (Wildman–Crippen LogP) is -0.0842. The fraction of sp³-hybridized carbons (Fsp3) is 0.357. The van der Waals surface area contributed by atoms with E-state index in [-0.39, 0.29) is 12.3 Å². The van der Waals surface area contributed by atoms with Crippen molar-refractivity contribution < 1.29 is 29.7 Å². The number of phenols is 1. The normalized spacial score (nSPS) is 12.1. The van der Waals surface area contributed by atoms with Crippen LogP contribution in [0.15, 0.2) is 18.2 Å². The second-order valence-electron chi connectivity index (χ2n) is 4.96. The molecule has 1 atom stereocenters. The number of benzene rings is 1. The highest BCUT2D eigenvalue weighted by Crippen LogP contribution is 2.21. The van der Waals surface area contributed by atoms with Crippen LogP contribution in [-0.2, 0) is 20.9 Å². The number of carbonyl (C=O) groups excluding carboxylic acids is 1. The van der Waals surface area contributed by atoms with Crippen LogP contribution in [0.2, 0.25) is 0 Å². The Balaban J connectivity index is 3.10. The molecule has 5 N–H and O–H groups in total. The van der Waals surface area contributed by atoms with Crippen LogP contribution in [-0.4, -0.2) is 50.7 Å². The van der Waals surface area contributed by atoms with E-state index in [2.05, 4.69) is 0 Å². The summed E-state index contributed by atoms with van der Waals surface area (Å²) in [4.78, 5) is 34.3. The molecule has 0 saturated carbocycles. The zero-order chi connectivity index (χ0) is 16.9. The maximum Gasteiger partial charge on any atom is 0.321 e. The number of phenolic OH excluding ortho intramolecular Hbond substituents is 1. The van der Waals surface area contributed by atoms with E-state index in [9.17, 15) is 24.6 Å². The summed E-state index contributed by atoms with van der Waals surface area (Å²) >= 11 is 0. The molecule has 8 nitrogen and oxygen atoms in total. The maximum absolute atomic E-state index is 11.3. The number of nitrogens with two attached hydrogens (primary N) is 1. The Kier molecular flexibility index (Phi) is 5.88. The van der Waals surface area contributed by atoms with Crippen molar-refractivity contribution in [2.24, 2.45) is 5.73 Å². The van der Waals surface area contributed by atoms with Crippen molar-refractivity contribution in [3.63, 3.8) is 0 Å². The molecule has 0 radical (unpaired) electrons. The Labute approximate surface area is 126 Å². The van der Waals surface area contributed by atoms with Crippen molar-refractivity contribution in [2.75, 3.05) is 6.54 Å². The first kappa shape index (κ1) is 17.4. The van der Waals surface area contributed by atoms with E-state index in [0.29, 0.717) is 5.56 Å². The van der Waals surface area contributed by atoms with Gasteiger partial charge in [-0.2, -0.15) is 0 Å². The summed E-state index contributed by atoms with van der Waals surface area (Å²) in [5.41, 5.74) is 6.22. The fourth-order valence-corrected chi connectivity index (χ4v) is 2.07. The lowest BCUT2D eigenvalue weighted by Crippen LogP contribution is -2.45. The minimum Gasteiger partial charge on any atom is -0.508 e. The number of carboxylic acid groups (broad SMARTS) is 2. The number of aliphatic carboxylic acids is 2. The van der Waals surface area contributed by atoms with E-state index < -0.39 is 36.9 Å². The maximum atomic E-state index is 11.3. The minimum absolute atomic E-state index is 0.0794. The fourth-order valence-electron chi connectivity index (χ4n) is 2.07. The first-order valence-electron chi connectivity index (χ1n) is 6.46. The van der Waals surface area contributed by atoms with E-state index in [4.69, 9.17) is 10.8 Å². The van der Waals surface area contributed by atoms with Crippen molar-refractivity contribution in [2.45, 2.75) is 25.9 Å². The van der Waals surface area contributed by atoms with Crippen LogP contribution in [0.5, 0.6) is 5.75 Å². The molecule has 0 aliphatic carbocycles. The van der Waals surface area contributed by atoms with Gasteiger partial charge in [0.05, 0.1) is 13.0 Å². The van der Waals surface area contributed by atoms with E-state index in [1.165, 1.54) is 6.07 Å². The third-order valence-corrected chi connectivity index (χ3v) is 3.07. The van der Waals surface area contributed by atoms with Crippen molar-refractivity contribution >= 4 is 17.8 Å². The van der Waals surface area contributed by atoms with Crippen LogP contribution in [0.3, 0.4) is 0 Å². The number of aryl methyl sites for hydroxylation is 1. The van der Waals surface area contributed by atoms with Gasteiger partial charge in [0.1, 0.15) is 11.8 Å². The number of rotatable bonds is 8. The summed E-state index contributed by atoms with van der Waals surface area (Å²) in [6.45, 7) is 1.05. The zero-order valence-corrected chi connectivity index (χ0v) is 12.0. The smallest absolute Gasteiger partial charge is 0.321 e. The number of hydrogen-bond acceptors (Lipinski definition) is 5. The predicted molar refractivity (Wildman–Crippen MR) is 76.1 cm³/mol. The molecule has 0 aromatic heterocycles. The van der Waals surface area contributed by atoms with Crippen LogP contribution in [0.1, 0.15) is 17.5 Å². The molecule has 0 bridgehead atoms. The number of amides is 1. The monoisotopic (exact) mass is 310 g/mol. The topological polar surface area (TPSA) is 141 Å². The number of aromatic hydroxyl groups is 1. The first-order valence-corrected chi connectivity index (χ1v) is 6.46. The van der Waals surface area contributed by atoms with Gasteiger partial charge in [0, 0.05) is 12.1 Å². The Morgan fingerprint density at radius 3 is 2.41 bits per heavy atom. The van der Waals surface area contributed by atoms with Crippen LogP contribution in [0.4, 0.5) is 0 Å². The minimum atomic E-state index is -1.38. The summed E-state index contributed by atoms with van der Waals surface area (Å²) in [5, 5.41) is 27.9. The Bertz CT molecular complexity index is 587. The Hall–Kier alpha value is -2.61. The van der Waals surface area contributed by atoms with E-state index in [1.54, 1.807) is 19.1 Å². The van der Waals surface area contributed by atoms with Crippen LogP contribution >= 0.6 is 0 Å². The van der Waals surface area contributed by atoms with Gasteiger partial charge >= 0.3 is 11.9 Å². The summed E-state index contributed by atoms with van der Waals surface area (Å²) in [5.74, 6) is -3.53. The van der Waals surface area contributed by atoms with Gasteiger partial charge in [-0.15, -0.1) is 0 Å². The third-order valence-electron chi connectivity index (χ3n) is 3.07. The van der Waals surface area contributed by atoms with E-state index >= 15 is 0 Å². The van der Waals surface area contributed by atoms with Gasteiger partial charge < -0.3 is 21.1 Å². The Morgan fingerprint density at radius 2 is 1.91 bits per heavy atom. The molecule has 8 heteroatoms. The van der Waals surface area contributed by atoms with Gasteiger partial charge in [0.25, 0.3) is 0 Å². The highest BCUT2D eigenvalue weighted by atomic mass is 16.4. The number of carbonyl (C=O) groups is 3. The summed E-state index contributed by atoms with van der Waals surface area (Å²) < 4.78 is 0. The van der Waals surface area contributed by atoms with Crippen molar-refractivity contribution in [3.05, 3.63) is 29.3 Å². The molecule has 0 fully saturated rings. The van der Waals surface area contributed by atoms with E-state index in [1.807, 2.05) is 0 Å². The molecule has 1 rings (SSSR count). The standard InChI is InChI=1S/C14H18N2O6/c1-8-2-3-11(17)9(4-8)6-16(7-13(19)20)10(14(21)22)5-12(15)18/h2-4,10,17H,5-7H2,1H3,(H2,15,18)(H,19,20)(H,21,22)/t10-/m0/s1. The summed E-state index contributed by atoms with van der Waals surface area (Å²) in [6.07, 6.45) is -0.519. The molecule has 0 saturated heterocycles. The van der Waals surface area contributed by atoms with Crippen LogP contribution < -0.4 is 5.73 Å². The molecule has 0 heterocycles. The molecule has 120 valence electrons. The highest BCUT2D eigenvalue weighted by molar-refractivity contribution is 5.84. The number of nitrogens with zero attached hydrogens (tertiary/aromatic N) is 1. The van der Waals surface area contributed by atoms with Crippen LogP contribution in [0, 0.1) is 6.92 Å². The quantitative estimate of drug-likeness (QED) is 0.526. The molecule has 0 unspecified atom stereocenters. The third kappa shape index (κ3) is 5.06. The van der Waals surface area contributed by atoms with Crippen molar-refractivity contribution in [1.29, 1.82) is 0 Å². The molecule has 1 aromatic carbocycles. The van der Waals surface area contributed by atoms with Gasteiger partial charge in [-0.1, -0.05) is 17.7 Å². The molecule has 1 aromatic rings. The second-order valence-corrected chi connectivity index (χ2v) is 4.96. The molecule has 1 amide bonds. The lowest BCUT2D eigenvalue weighted by molar-refractivity contribution is -0.148. The molecule has 22 heavy (non-hydrogen) atoms. The Morgan fingerprint density at radius 1 is 1.27 bits per heavy atom. The second kappa shape index (κ2) is 7.41. The average molecular weight is 310 g/mol. The van der Waals surface area contributed by atoms with Gasteiger partial charge in [0.2, 0.25) is 5.91 Å². The first-order chi connectivity index (χ1) is 10.2. The average Bonchev–Trinajstić information content (AvgIpc) is 2.38. The number of carboxylic acids is 2. The van der Waals surface area contributed by atoms with Crippen LogP contribution in [0.25, 0.3) is 0 Å². The van der Waals surface area contributed by atoms with E-state index in [0.717, 1.165) is 10.5 Å². The summed E-state index contributed by atoms with van der Waals surface area (Å²) in [6, 6.07) is 3.34. The SMILES string of the molecule is Cc1ccc(O)c(CN(CC(=O)O)[C@@H](CC(N)=O)C(=O)O)c1. The number of hydrogen-bond donors (Lipinski definition) is 4. The van der Waals surface area contributed by atoms with Gasteiger partial charge in [-0.25, -0.2) is 0 Å².